The molecule has 0 aliphatic rings. The van der Waals surface area contributed by atoms with Crippen molar-refractivity contribution in [1.29, 1.82) is 0 Å². The summed E-state index contributed by atoms with van der Waals surface area (Å²) in [7, 11) is 0. The lowest BCUT2D eigenvalue weighted by atomic mass is 10.1. The van der Waals surface area contributed by atoms with Crippen molar-refractivity contribution < 1.29 is 14.1 Å². The summed E-state index contributed by atoms with van der Waals surface area (Å²) in [6, 6.07) is 18.0. The molecule has 7 nitrogen and oxygen atoms in total. The number of amides is 1. The van der Waals surface area contributed by atoms with Gasteiger partial charge >= 0.3 is 0 Å². The lowest BCUT2D eigenvalue weighted by Crippen LogP contribution is -2.42. The summed E-state index contributed by atoms with van der Waals surface area (Å²) >= 11 is 5.92. The van der Waals surface area contributed by atoms with Gasteiger partial charge in [-0.25, -0.2) is 0 Å². The van der Waals surface area contributed by atoms with E-state index in [0.717, 1.165) is 11.1 Å². The first-order valence-electron chi connectivity index (χ1n) is 9.98. The van der Waals surface area contributed by atoms with E-state index in [9.17, 15) is 4.79 Å². The molecule has 8 heteroatoms. The zero-order chi connectivity index (χ0) is 22.6. The molecule has 0 radical (unpaired) electrons. The van der Waals surface area contributed by atoms with E-state index in [1.54, 1.807) is 50.5 Å². The molecule has 0 atom stereocenters. The summed E-state index contributed by atoms with van der Waals surface area (Å²) in [5.74, 6) is 1.16. The summed E-state index contributed by atoms with van der Waals surface area (Å²) in [5, 5.41) is 7.57. The number of para-hydroxylation sites is 1. The second kappa shape index (κ2) is 9.20. The fourth-order valence-corrected chi connectivity index (χ4v) is 3.14. The minimum atomic E-state index is -1.11. The van der Waals surface area contributed by atoms with E-state index in [1.165, 1.54) is 0 Å². The van der Waals surface area contributed by atoms with Crippen LogP contribution in [0.5, 0.6) is 5.75 Å². The van der Waals surface area contributed by atoms with E-state index < -0.39 is 5.60 Å². The van der Waals surface area contributed by atoms with Crippen LogP contribution in [0.25, 0.3) is 11.4 Å². The molecule has 2 heterocycles. The largest absolute Gasteiger partial charge is 0.478 e. The van der Waals surface area contributed by atoms with Gasteiger partial charge < -0.3 is 14.6 Å². The molecule has 2 aromatic carbocycles. The number of hydrogen-bond donors (Lipinski definition) is 1. The van der Waals surface area contributed by atoms with E-state index >= 15 is 0 Å². The molecule has 2 aromatic heterocycles. The summed E-state index contributed by atoms with van der Waals surface area (Å²) in [4.78, 5) is 21.5. The number of pyridine rings is 1. The number of carbonyl (C=O) groups is 1. The summed E-state index contributed by atoms with van der Waals surface area (Å²) in [5.41, 5.74) is 1.14. The van der Waals surface area contributed by atoms with Crippen molar-refractivity contribution in [1.82, 2.24) is 15.1 Å². The first kappa shape index (κ1) is 21.5. The Labute approximate surface area is 190 Å². The van der Waals surface area contributed by atoms with Crippen LogP contribution < -0.4 is 10.1 Å². The second-order valence-corrected chi connectivity index (χ2v) is 8.04. The quantitative estimate of drug-likeness (QED) is 0.419. The van der Waals surface area contributed by atoms with Crippen LogP contribution in [0.15, 0.2) is 77.6 Å². The SMILES string of the molecule is CC(C)(Oc1ccc(Cl)cc1)C(=O)Nc1ccccc1Cc1nc(-c2cccnc2)no1. The van der Waals surface area contributed by atoms with Crippen LogP contribution in [0, 0.1) is 0 Å². The molecule has 4 rings (SSSR count). The minimum absolute atomic E-state index is 0.290. The molecule has 0 fully saturated rings. The zero-order valence-corrected chi connectivity index (χ0v) is 18.3. The van der Waals surface area contributed by atoms with Crippen LogP contribution in [0.4, 0.5) is 5.69 Å². The van der Waals surface area contributed by atoms with Crippen molar-refractivity contribution in [3.05, 3.63) is 89.5 Å². The maximum absolute atomic E-state index is 13.0. The van der Waals surface area contributed by atoms with Gasteiger partial charge in [-0.15, -0.1) is 0 Å². The Morgan fingerprint density at radius 3 is 2.62 bits per heavy atom. The Morgan fingerprint density at radius 1 is 1.09 bits per heavy atom. The number of rotatable bonds is 7. The van der Waals surface area contributed by atoms with Crippen LogP contribution in [0.2, 0.25) is 5.02 Å². The molecular formula is C24H21ClN4O3. The van der Waals surface area contributed by atoms with Crippen molar-refractivity contribution in [2.24, 2.45) is 0 Å². The highest BCUT2D eigenvalue weighted by atomic mass is 35.5. The normalized spacial score (nSPS) is 11.2. The molecule has 0 spiro atoms. The van der Waals surface area contributed by atoms with Crippen LogP contribution in [-0.4, -0.2) is 26.6 Å². The monoisotopic (exact) mass is 448 g/mol. The Balaban J connectivity index is 1.48. The molecule has 4 aromatic rings. The number of benzene rings is 2. The van der Waals surface area contributed by atoms with Crippen LogP contribution in [0.1, 0.15) is 25.3 Å². The number of anilines is 1. The fourth-order valence-electron chi connectivity index (χ4n) is 3.01. The van der Waals surface area contributed by atoms with Gasteiger partial charge in [0.2, 0.25) is 11.7 Å². The predicted octanol–water partition coefficient (Wildman–Crippen LogP) is 5.17. The van der Waals surface area contributed by atoms with Crippen molar-refractivity contribution in [3.63, 3.8) is 0 Å². The molecule has 0 unspecified atom stereocenters. The number of aromatic nitrogens is 3. The molecule has 0 saturated heterocycles. The topological polar surface area (TPSA) is 90.1 Å². The third kappa shape index (κ3) is 5.12. The average molecular weight is 449 g/mol. The van der Waals surface area contributed by atoms with Gasteiger partial charge in [0.25, 0.3) is 5.91 Å². The van der Waals surface area contributed by atoms with E-state index in [-0.39, 0.29) is 5.91 Å². The van der Waals surface area contributed by atoms with Gasteiger partial charge in [-0.1, -0.05) is 35.0 Å². The lowest BCUT2D eigenvalue weighted by molar-refractivity contribution is -0.128. The average Bonchev–Trinajstić information content (AvgIpc) is 3.26. The third-order valence-corrected chi connectivity index (χ3v) is 4.98. The molecule has 32 heavy (non-hydrogen) atoms. The van der Waals surface area contributed by atoms with Gasteiger partial charge in [0.05, 0.1) is 6.42 Å². The van der Waals surface area contributed by atoms with Gasteiger partial charge in [-0.05, 0) is 61.9 Å². The summed E-state index contributed by atoms with van der Waals surface area (Å²) in [6.45, 7) is 3.41. The van der Waals surface area contributed by atoms with Crippen molar-refractivity contribution in [3.8, 4) is 17.1 Å². The van der Waals surface area contributed by atoms with Crippen LogP contribution >= 0.6 is 11.6 Å². The standard InChI is InChI=1S/C24H21ClN4O3/c1-24(2,31-19-11-9-18(25)10-12-19)23(30)27-20-8-4-3-6-16(20)14-21-28-22(29-32-21)17-7-5-13-26-15-17/h3-13,15H,14H2,1-2H3,(H,27,30). The highest BCUT2D eigenvalue weighted by molar-refractivity contribution is 6.30. The zero-order valence-electron chi connectivity index (χ0n) is 17.6. The van der Waals surface area contributed by atoms with Crippen LogP contribution in [0.3, 0.4) is 0 Å². The minimum Gasteiger partial charge on any atom is -0.478 e. The molecule has 1 N–H and O–H groups in total. The molecule has 0 bridgehead atoms. The smallest absolute Gasteiger partial charge is 0.267 e. The van der Waals surface area contributed by atoms with Gasteiger partial charge in [0, 0.05) is 28.7 Å². The highest BCUT2D eigenvalue weighted by Crippen LogP contribution is 2.25. The Kier molecular flexibility index (Phi) is 6.18. The number of hydrogen-bond acceptors (Lipinski definition) is 6. The van der Waals surface area contributed by atoms with Crippen LogP contribution in [-0.2, 0) is 11.2 Å². The molecule has 0 saturated carbocycles. The Bertz CT molecular complexity index is 1210. The number of ether oxygens (including phenoxy) is 1. The fraction of sp³-hybridized carbons (Fsp3) is 0.167. The molecule has 162 valence electrons. The molecule has 1 amide bonds. The summed E-state index contributed by atoms with van der Waals surface area (Å²) in [6.07, 6.45) is 3.72. The van der Waals surface area contributed by atoms with Crippen molar-refractivity contribution in [2.75, 3.05) is 5.32 Å². The highest BCUT2D eigenvalue weighted by Gasteiger charge is 2.30. The van der Waals surface area contributed by atoms with Gasteiger partial charge in [-0.3, -0.25) is 9.78 Å². The molecular weight excluding hydrogens is 428 g/mol. The number of carbonyl (C=O) groups excluding carboxylic acids is 1. The second-order valence-electron chi connectivity index (χ2n) is 7.61. The van der Waals surface area contributed by atoms with Crippen molar-refractivity contribution >= 4 is 23.2 Å². The van der Waals surface area contributed by atoms with Crippen molar-refractivity contribution in [2.45, 2.75) is 25.9 Å². The van der Waals surface area contributed by atoms with E-state index in [0.29, 0.717) is 34.6 Å². The Hall–Kier alpha value is -3.71. The lowest BCUT2D eigenvalue weighted by Gasteiger charge is -2.26. The van der Waals surface area contributed by atoms with Gasteiger partial charge in [0.15, 0.2) is 5.60 Å². The maximum Gasteiger partial charge on any atom is 0.267 e. The first-order valence-corrected chi connectivity index (χ1v) is 10.4. The Morgan fingerprint density at radius 2 is 1.88 bits per heavy atom. The number of halogens is 1. The van der Waals surface area contributed by atoms with E-state index in [2.05, 4.69) is 20.4 Å². The number of nitrogens with one attached hydrogen (secondary N) is 1. The van der Waals surface area contributed by atoms with Gasteiger partial charge in [-0.2, -0.15) is 4.98 Å². The summed E-state index contributed by atoms with van der Waals surface area (Å²) < 4.78 is 11.3. The first-order chi connectivity index (χ1) is 15.4. The molecule has 0 aliphatic carbocycles. The van der Waals surface area contributed by atoms with E-state index in [4.69, 9.17) is 20.9 Å². The third-order valence-electron chi connectivity index (χ3n) is 4.73. The molecule has 0 aliphatic heterocycles. The maximum atomic E-state index is 13.0. The van der Waals surface area contributed by atoms with E-state index in [1.807, 2.05) is 36.4 Å². The van der Waals surface area contributed by atoms with Gasteiger partial charge in [0.1, 0.15) is 5.75 Å². The number of nitrogens with zero attached hydrogens (tertiary/aromatic N) is 3. The predicted molar refractivity (Wildman–Crippen MR) is 122 cm³/mol.